The Morgan fingerprint density at radius 3 is 2.59 bits per heavy atom. The van der Waals surface area contributed by atoms with E-state index in [2.05, 4.69) is 30.0 Å². The maximum Gasteiger partial charge on any atom is 0.0641 e. The van der Waals surface area contributed by atoms with Crippen LogP contribution in [0.5, 0.6) is 0 Å². The van der Waals surface area contributed by atoms with Crippen molar-refractivity contribution in [1.29, 1.82) is 5.26 Å². The summed E-state index contributed by atoms with van der Waals surface area (Å²) in [7, 11) is 0. The van der Waals surface area contributed by atoms with E-state index in [1.165, 1.54) is 0 Å². The van der Waals surface area contributed by atoms with Crippen LogP contribution in [0.3, 0.4) is 0 Å². The predicted octanol–water partition coefficient (Wildman–Crippen LogP) is 2.83. The molecular weight excluding hydrogens is 212 g/mol. The summed E-state index contributed by atoms with van der Waals surface area (Å²) in [6.45, 7) is 5.22. The average Bonchev–Trinajstić information content (AvgIpc) is 2.39. The first-order chi connectivity index (χ1) is 8.38. The second-order valence-electron chi connectivity index (χ2n) is 3.84. The molecule has 0 spiro atoms. The number of benzene rings is 1. The highest BCUT2D eigenvalue weighted by atomic mass is 16.5. The van der Waals surface area contributed by atoms with Crippen molar-refractivity contribution in [3.05, 3.63) is 30.3 Å². The van der Waals surface area contributed by atoms with Crippen molar-refractivity contribution < 1.29 is 4.74 Å². The number of hydrogen-bond acceptors (Lipinski definition) is 3. The van der Waals surface area contributed by atoms with Gasteiger partial charge < -0.3 is 9.64 Å². The first kappa shape index (κ1) is 13.5. The average molecular weight is 232 g/mol. The van der Waals surface area contributed by atoms with Crippen LogP contribution in [0.1, 0.15) is 19.8 Å². The van der Waals surface area contributed by atoms with Gasteiger partial charge in [-0.2, -0.15) is 5.26 Å². The number of nitriles is 1. The minimum absolute atomic E-state index is 0.544. The van der Waals surface area contributed by atoms with Crippen molar-refractivity contribution >= 4 is 5.69 Å². The first-order valence-electron chi connectivity index (χ1n) is 6.13. The maximum absolute atomic E-state index is 8.66. The zero-order valence-corrected chi connectivity index (χ0v) is 10.4. The summed E-state index contributed by atoms with van der Waals surface area (Å²) in [5, 5.41) is 8.66. The van der Waals surface area contributed by atoms with Crippen LogP contribution in [-0.2, 0) is 4.74 Å². The molecule has 0 saturated carbocycles. The van der Waals surface area contributed by atoms with Gasteiger partial charge in [0.25, 0.3) is 0 Å². The van der Waals surface area contributed by atoms with Gasteiger partial charge in [0.1, 0.15) is 0 Å². The molecule has 0 heterocycles. The van der Waals surface area contributed by atoms with E-state index in [0.717, 1.165) is 31.8 Å². The fourth-order valence-corrected chi connectivity index (χ4v) is 1.61. The molecule has 1 aromatic carbocycles. The lowest BCUT2D eigenvalue weighted by molar-refractivity contribution is 0.141. The Labute approximate surface area is 104 Å². The Morgan fingerprint density at radius 1 is 1.18 bits per heavy atom. The van der Waals surface area contributed by atoms with Crippen LogP contribution in [0, 0.1) is 11.3 Å². The van der Waals surface area contributed by atoms with Crippen LogP contribution in [0.2, 0.25) is 0 Å². The van der Waals surface area contributed by atoms with E-state index in [-0.39, 0.29) is 0 Å². The van der Waals surface area contributed by atoms with E-state index in [1.54, 1.807) is 0 Å². The second-order valence-corrected chi connectivity index (χ2v) is 3.84. The van der Waals surface area contributed by atoms with Gasteiger partial charge in [-0.05, 0) is 18.6 Å². The highest BCUT2D eigenvalue weighted by Gasteiger charge is 2.04. The Balaban J connectivity index is 2.46. The van der Waals surface area contributed by atoms with E-state index in [4.69, 9.17) is 10.00 Å². The fourth-order valence-electron chi connectivity index (χ4n) is 1.61. The SMILES string of the molecule is CCCOCCN(CCC#N)c1ccccc1. The summed E-state index contributed by atoms with van der Waals surface area (Å²) in [6, 6.07) is 12.4. The van der Waals surface area contributed by atoms with E-state index in [9.17, 15) is 0 Å². The molecule has 0 aliphatic heterocycles. The van der Waals surface area contributed by atoms with Gasteiger partial charge in [0.2, 0.25) is 0 Å². The monoisotopic (exact) mass is 232 g/mol. The summed E-state index contributed by atoms with van der Waals surface area (Å²) in [4.78, 5) is 2.19. The van der Waals surface area contributed by atoms with Crippen molar-refractivity contribution in [2.24, 2.45) is 0 Å². The van der Waals surface area contributed by atoms with Crippen LogP contribution >= 0.6 is 0 Å². The molecular formula is C14H20N2O. The van der Waals surface area contributed by atoms with Crippen LogP contribution in [0.25, 0.3) is 0 Å². The second kappa shape index (κ2) is 8.60. The van der Waals surface area contributed by atoms with Crippen LogP contribution in [0.15, 0.2) is 30.3 Å². The molecule has 3 nitrogen and oxygen atoms in total. The third-order valence-corrected chi connectivity index (χ3v) is 2.47. The smallest absolute Gasteiger partial charge is 0.0641 e. The van der Waals surface area contributed by atoms with Gasteiger partial charge in [0, 0.05) is 25.4 Å². The van der Waals surface area contributed by atoms with E-state index >= 15 is 0 Å². The summed E-state index contributed by atoms with van der Waals surface area (Å²) in [6.07, 6.45) is 1.59. The van der Waals surface area contributed by atoms with Crippen LogP contribution in [0.4, 0.5) is 5.69 Å². The quantitative estimate of drug-likeness (QED) is 0.647. The van der Waals surface area contributed by atoms with Gasteiger partial charge in [-0.25, -0.2) is 0 Å². The predicted molar refractivity (Wildman–Crippen MR) is 70.0 cm³/mol. The molecule has 0 N–H and O–H groups in total. The molecule has 3 heteroatoms. The molecule has 0 atom stereocenters. The largest absolute Gasteiger partial charge is 0.380 e. The van der Waals surface area contributed by atoms with Gasteiger partial charge in [-0.1, -0.05) is 25.1 Å². The number of ether oxygens (including phenoxy) is 1. The number of para-hydroxylation sites is 1. The Kier molecular flexibility index (Phi) is 6.85. The summed E-state index contributed by atoms with van der Waals surface area (Å²) >= 11 is 0. The molecule has 0 radical (unpaired) electrons. The number of rotatable bonds is 8. The molecule has 1 aromatic rings. The number of anilines is 1. The highest BCUT2D eigenvalue weighted by molar-refractivity contribution is 5.45. The molecule has 0 saturated heterocycles. The van der Waals surface area contributed by atoms with Gasteiger partial charge >= 0.3 is 0 Å². The lowest BCUT2D eigenvalue weighted by atomic mass is 10.2. The zero-order chi connectivity index (χ0) is 12.3. The normalized spacial score (nSPS) is 9.88. The van der Waals surface area contributed by atoms with Gasteiger partial charge in [-0.15, -0.1) is 0 Å². The third-order valence-electron chi connectivity index (χ3n) is 2.47. The van der Waals surface area contributed by atoms with E-state index in [1.807, 2.05) is 18.2 Å². The van der Waals surface area contributed by atoms with Crippen LogP contribution in [-0.4, -0.2) is 26.3 Å². The number of nitrogens with zero attached hydrogens (tertiary/aromatic N) is 2. The first-order valence-corrected chi connectivity index (χ1v) is 6.13. The van der Waals surface area contributed by atoms with Gasteiger partial charge in [0.15, 0.2) is 0 Å². The van der Waals surface area contributed by atoms with Gasteiger partial charge in [-0.3, -0.25) is 0 Å². The van der Waals surface area contributed by atoms with Crippen LogP contribution < -0.4 is 4.90 Å². The van der Waals surface area contributed by atoms with Crippen molar-refractivity contribution in [2.45, 2.75) is 19.8 Å². The molecule has 0 unspecified atom stereocenters. The Bertz CT molecular complexity index is 332. The molecule has 0 amide bonds. The third kappa shape index (κ3) is 5.37. The molecule has 1 rings (SSSR count). The fraction of sp³-hybridized carbons (Fsp3) is 0.500. The van der Waals surface area contributed by atoms with Crippen molar-refractivity contribution in [2.75, 3.05) is 31.2 Å². The molecule has 0 aliphatic rings. The summed E-state index contributed by atoms with van der Waals surface area (Å²) < 4.78 is 5.49. The minimum Gasteiger partial charge on any atom is -0.380 e. The zero-order valence-electron chi connectivity index (χ0n) is 10.4. The minimum atomic E-state index is 0.544. The maximum atomic E-state index is 8.66. The molecule has 17 heavy (non-hydrogen) atoms. The molecule has 0 aromatic heterocycles. The molecule has 0 fully saturated rings. The Hall–Kier alpha value is -1.53. The van der Waals surface area contributed by atoms with Crippen molar-refractivity contribution in [1.82, 2.24) is 0 Å². The van der Waals surface area contributed by atoms with Crippen molar-refractivity contribution in [3.8, 4) is 6.07 Å². The van der Waals surface area contributed by atoms with Crippen molar-refractivity contribution in [3.63, 3.8) is 0 Å². The topological polar surface area (TPSA) is 36.3 Å². The molecule has 92 valence electrons. The molecule has 0 bridgehead atoms. The number of hydrogen-bond donors (Lipinski definition) is 0. The molecule has 0 aliphatic carbocycles. The van der Waals surface area contributed by atoms with E-state index in [0.29, 0.717) is 13.0 Å². The standard InChI is InChI=1S/C14H20N2O/c1-2-12-17-13-11-16(10-6-9-15)14-7-4-3-5-8-14/h3-5,7-8H,2,6,10-13H2,1H3. The van der Waals surface area contributed by atoms with Gasteiger partial charge in [0.05, 0.1) is 19.1 Å². The summed E-state index contributed by atoms with van der Waals surface area (Å²) in [5.41, 5.74) is 1.16. The lowest BCUT2D eigenvalue weighted by Crippen LogP contribution is -2.28. The van der Waals surface area contributed by atoms with E-state index < -0.39 is 0 Å². The highest BCUT2D eigenvalue weighted by Crippen LogP contribution is 2.13. The summed E-state index contributed by atoms with van der Waals surface area (Å²) in [5.74, 6) is 0. The Morgan fingerprint density at radius 2 is 1.94 bits per heavy atom. The lowest BCUT2D eigenvalue weighted by Gasteiger charge is -2.23.